The zero-order chi connectivity index (χ0) is 29.6. The van der Waals surface area contributed by atoms with Crippen molar-refractivity contribution in [3.05, 3.63) is 39.1 Å². The van der Waals surface area contributed by atoms with E-state index in [1.165, 1.54) is 28.7 Å². The third kappa shape index (κ3) is 6.65. The number of hydrogen-bond donors (Lipinski definition) is 2. The lowest BCUT2D eigenvalue weighted by Crippen LogP contribution is -2.43. The second-order valence-corrected chi connectivity index (χ2v) is 15.0. The van der Waals surface area contributed by atoms with Crippen molar-refractivity contribution in [2.45, 2.75) is 70.0 Å². The summed E-state index contributed by atoms with van der Waals surface area (Å²) in [5, 5.41) is 10.3. The number of nitrogens with zero attached hydrogens (tertiary/aromatic N) is 2. The molecule has 1 aromatic carbocycles. The van der Waals surface area contributed by atoms with Gasteiger partial charge in [0, 0.05) is 18.2 Å². The Balaban J connectivity index is 1.71. The first-order chi connectivity index (χ1) is 18.5. The van der Waals surface area contributed by atoms with Gasteiger partial charge in [-0.15, -0.1) is 22.7 Å². The molecule has 40 heavy (non-hydrogen) atoms. The highest BCUT2D eigenvalue weighted by atomic mass is 35.5. The molecule has 1 unspecified atom stereocenters. The third-order valence-electron chi connectivity index (χ3n) is 6.74. The molecule has 2 heterocycles. The van der Waals surface area contributed by atoms with Crippen LogP contribution >= 0.6 is 45.9 Å². The van der Waals surface area contributed by atoms with Crippen LogP contribution in [0.5, 0.6) is 0 Å². The molecule has 0 radical (unpaired) electrons. The van der Waals surface area contributed by atoms with E-state index in [1.807, 2.05) is 0 Å². The quantitative estimate of drug-likeness (QED) is 0.235. The Morgan fingerprint density at radius 1 is 1.20 bits per heavy atom. The summed E-state index contributed by atoms with van der Waals surface area (Å²) in [7, 11) is -4.62. The van der Waals surface area contributed by atoms with Gasteiger partial charge in [-0.2, -0.15) is 17.9 Å². The van der Waals surface area contributed by atoms with Crippen molar-refractivity contribution in [3.63, 3.8) is 0 Å². The van der Waals surface area contributed by atoms with Crippen LogP contribution in [0.15, 0.2) is 23.2 Å². The van der Waals surface area contributed by atoms with E-state index in [1.54, 1.807) is 24.8 Å². The second-order valence-electron chi connectivity index (χ2n) is 10.4. The first kappa shape index (κ1) is 31.2. The smallest absolute Gasteiger partial charge is 0.404 e. The maximum absolute atomic E-state index is 13.0. The maximum atomic E-state index is 13.0. The van der Waals surface area contributed by atoms with Crippen molar-refractivity contribution < 1.29 is 31.5 Å². The number of aliphatic carboxylic acids is 1. The minimum absolute atomic E-state index is 0.109. The largest absolute Gasteiger partial charge is 0.481 e. The Hall–Kier alpha value is -1.77. The van der Waals surface area contributed by atoms with Crippen LogP contribution in [0.4, 0.5) is 13.2 Å². The number of aromatic nitrogens is 2. The van der Waals surface area contributed by atoms with E-state index in [0.717, 1.165) is 35.9 Å². The minimum Gasteiger partial charge on any atom is -0.481 e. The minimum atomic E-state index is -4.78. The third-order valence-corrected chi connectivity index (χ3v) is 11.6. The summed E-state index contributed by atoms with van der Waals surface area (Å²) in [5.74, 6) is -0.493. The van der Waals surface area contributed by atoms with E-state index in [4.69, 9.17) is 28.2 Å². The predicted molar refractivity (Wildman–Crippen MR) is 151 cm³/mol. The van der Waals surface area contributed by atoms with Gasteiger partial charge in [0.25, 0.3) is 0 Å². The van der Waals surface area contributed by atoms with Crippen molar-refractivity contribution >= 4 is 61.9 Å². The molecular formula is C25H26Cl2F3N3O4S3. The Bertz CT molecular complexity index is 1530. The number of halogens is 5. The molecule has 0 spiro atoms. The summed E-state index contributed by atoms with van der Waals surface area (Å²) in [6.45, 7) is 3.95. The molecule has 0 bridgehead atoms. The standard InChI is InChI=1S/C25H26Cl2F3N3O4S3/c1-12(25(28,29)30)33-40(36,37)17-8-7-14(19(26)20(17)27)21-15(9-13-5-4-6-13)32-22(39-21)16-11-31-18(38-16)10-24(2,3)23(34)35/h7-8,11-13,33H,4-6,9-10H2,1-3H3,(H,34,35). The van der Waals surface area contributed by atoms with Gasteiger partial charge in [0.05, 0.1) is 35.9 Å². The zero-order valence-corrected chi connectivity index (χ0v) is 25.6. The summed E-state index contributed by atoms with van der Waals surface area (Å²) in [6.07, 6.45) is 1.01. The number of carboxylic acids is 1. The van der Waals surface area contributed by atoms with Crippen LogP contribution in [-0.2, 0) is 27.7 Å². The van der Waals surface area contributed by atoms with Crippen LogP contribution in [0.1, 0.15) is 50.7 Å². The van der Waals surface area contributed by atoms with Gasteiger partial charge in [0.1, 0.15) is 15.9 Å². The van der Waals surface area contributed by atoms with Gasteiger partial charge in [0.2, 0.25) is 10.0 Å². The van der Waals surface area contributed by atoms with Crippen molar-refractivity contribution in [1.29, 1.82) is 0 Å². The van der Waals surface area contributed by atoms with E-state index < -0.39 is 38.5 Å². The number of benzene rings is 1. The molecule has 2 aromatic heterocycles. The van der Waals surface area contributed by atoms with Crippen LogP contribution in [0.2, 0.25) is 10.0 Å². The first-order valence-corrected chi connectivity index (χ1v) is 16.1. The fourth-order valence-electron chi connectivity index (χ4n) is 4.00. The maximum Gasteiger partial charge on any atom is 0.404 e. The molecule has 1 fully saturated rings. The molecule has 0 aliphatic heterocycles. The van der Waals surface area contributed by atoms with Gasteiger partial charge in [-0.25, -0.2) is 18.4 Å². The van der Waals surface area contributed by atoms with Gasteiger partial charge in [-0.1, -0.05) is 48.5 Å². The van der Waals surface area contributed by atoms with Crippen LogP contribution in [0.25, 0.3) is 20.3 Å². The van der Waals surface area contributed by atoms with Gasteiger partial charge in [0.15, 0.2) is 0 Å². The molecule has 4 rings (SSSR count). The number of nitrogens with one attached hydrogen (secondary N) is 1. The van der Waals surface area contributed by atoms with E-state index in [0.29, 0.717) is 39.7 Å². The summed E-state index contributed by atoms with van der Waals surface area (Å²) in [4.78, 5) is 21.6. The molecule has 1 aliphatic carbocycles. The lowest BCUT2D eigenvalue weighted by atomic mass is 9.82. The second kappa shape index (κ2) is 11.5. The Morgan fingerprint density at radius 3 is 2.45 bits per heavy atom. The number of hydrogen-bond acceptors (Lipinski definition) is 7. The van der Waals surface area contributed by atoms with E-state index in [9.17, 15) is 31.5 Å². The number of thiazole rings is 2. The zero-order valence-electron chi connectivity index (χ0n) is 21.6. The van der Waals surface area contributed by atoms with E-state index in [2.05, 4.69) is 4.98 Å². The fourth-order valence-corrected chi connectivity index (χ4v) is 8.46. The van der Waals surface area contributed by atoms with E-state index in [-0.39, 0.29) is 16.5 Å². The summed E-state index contributed by atoms with van der Waals surface area (Å²) < 4.78 is 65.9. The lowest BCUT2D eigenvalue weighted by Gasteiger charge is -2.24. The molecule has 7 nitrogen and oxygen atoms in total. The Morgan fingerprint density at radius 2 is 1.88 bits per heavy atom. The van der Waals surface area contributed by atoms with Crippen LogP contribution in [-0.4, -0.2) is 41.7 Å². The lowest BCUT2D eigenvalue weighted by molar-refractivity contribution is -0.147. The Labute approximate surface area is 247 Å². The molecule has 2 N–H and O–H groups in total. The van der Waals surface area contributed by atoms with Crippen LogP contribution in [0, 0.1) is 11.3 Å². The van der Waals surface area contributed by atoms with E-state index >= 15 is 0 Å². The molecule has 0 amide bonds. The monoisotopic (exact) mass is 655 g/mol. The number of carboxylic acid groups (broad SMARTS) is 1. The normalized spacial score (nSPS) is 15.7. The van der Waals surface area contributed by atoms with Crippen LogP contribution < -0.4 is 4.72 Å². The number of carbonyl (C=O) groups is 1. The molecule has 15 heteroatoms. The molecular weight excluding hydrogens is 630 g/mol. The van der Waals surface area contributed by atoms with Crippen molar-refractivity contribution in [2.75, 3.05) is 0 Å². The summed E-state index contributed by atoms with van der Waals surface area (Å²) >= 11 is 15.5. The van der Waals surface area contributed by atoms with Crippen molar-refractivity contribution in [1.82, 2.24) is 14.7 Å². The van der Waals surface area contributed by atoms with Crippen molar-refractivity contribution in [2.24, 2.45) is 11.3 Å². The van der Waals surface area contributed by atoms with Gasteiger partial charge >= 0.3 is 12.1 Å². The average molecular weight is 657 g/mol. The summed E-state index contributed by atoms with van der Waals surface area (Å²) in [5.41, 5.74) is 0.185. The average Bonchev–Trinajstić information content (AvgIpc) is 3.43. The topological polar surface area (TPSA) is 109 Å². The molecule has 1 saturated carbocycles. The number of rotatable bonds is 10. The van der Waals surface area contributed by atoms with Gasteiger partial charge < -0.3 is 5.11 Å². The number of alkyl halides is 3. The molecule has 1 aliphatic rings. The molecule has 0 saturated heterocycles. The molecule has 1 atom stereocenters. The predicted octanol–water partition coefficient (Wildman–Crippen LogP) is 7.47. The SMILES string of the molecule is CC(NS(=O)(=O)c1ccc(-c2sc(-c3cnc(CC(C)(C)C(=O)O)s3)nc2CC2CCC2)c(Cl)c1Cl)C(F)(F)F. The number of sulfonamides is 1. The Kier molecular flexibility index (Phi) is 8.95. The molecule has 218 valence electrons. The van der Waals surface area contributed by atoms with Crippen molar-refractivity contribution in [3.8, 4) is 20.3 Å². The highest BCUT2D eigenvalue weighted by Crippen LogP contribution is 2.45. The first-order valence-electron chi connectivity index (χ1n) is 12.2. The highest BCUT2D eigenvalue weighted by molar-refractivity contribution is 7.89. The van der Waals surface area contributed by atoms with Gasteiger partial charge in [-0.05, 0) is 39.2 Å². The fraction of sp³-hybridized carbons (Fsp3) is 0.480. The van der Waals surface area contributed by atoms with Crippen LogP contribution in [0.3, 0.4) is 0 Å². The van der Waals surface area contributed by atoms with Gasteiger partial charge in [-0.3, -0.25) is 4.79 Å². The molecule has 3 aromatic rings. The summed E-state index contributed by atoms with van der Waals surface area (Å²) in [6, 6.07) is 0.242. The highest BCUT2D eigenvalue weighted by Gasteiger charge is 2.39.